The largest absolute Gasteiger partial charge is 0.465 e. The van der Waals surface area contributed by atoms with E-state index in [1.54, 1.807) is 6.92 Å². The molecule has 1 aromatic rings. The van der Waals surface area contributed by atoms with Crippen LogP contribution in [0.5, 0.6) is 0 Å². The molecule has 0 aliphatic heterocycles. The van der Waals surface area contributed by atoms with Crippen molar-refractivity contribution in [1.82, 2.24) is 4.57 Å². The third-order valence-corrected chi connectivity index (χ3v) is 2.15. The van der Waals surface area contributed by atoms with Gasteiger partial charge in [-0.05, 0) is 6.92 Å². The monoisotopic (exact) mass is 239 g/mol. The summed E-state index contributed by atoms with van der Waals surface area (Å²) in [5.74, 6) is -2.11. The Bertz CT molecular complexity index is 433. The zero-order chi connectivity index (χ0) is 12.8. The lowest BCUT2D eigenvalue weighted by Crippen LogP contribution is -2.29. The van der Waals surface area contributed by atoms with Crippen molar-refractivity contribution in [3.8, 4) is 0 Å². The van der Waals surface area contributed by atoms with E-state index in [1.165, 1.54) is 29.1 Å². The number of rotatable bonds is 5. The normalized spacial score (nSPS) is 13.8. The molecule has 2 unspecified atom stereocenters. The summed E-state index contributed by atoms with van der Waals surface area (Å²) in [6.07, 6.45) is 1.53. The molecule has 1 N–H and O–H groups in total. The van der Waals surface area contributed by atoms with Crippen LogP contribution in [0.25, 0.3) is 0 Å². The van der Waals surface area contributed by atoms with E-state index in [0.29, 0.717) is 6.29 Å². The lowest BCUT2D eigenvalue weighted by Gasteiger charge is -2.18. The van der Waals surface area contributed by atoms with Crippen LogP contribution in [-0.4, -0.2) is 28.5 Å². The molecule has 0 aromatic carbocycles. The molecule has 0 saturated heterocycles. The highest BCUT2D eigenvalue weighted by atomic mass is 16.5. The maximum absolute atomic E-state index is 11.4. The standard InChI is InChI=1S/C11H13NO5/c1-2-17-11(16)9(7-13)10(15)12-5-3-8(14)4-6-12/h3-7,9-10,15H,2H2,1H3. The number of aromatic nitrogens is 1. The van der Waals surface area contributed by atoms with Crippen molar-refractivity contribution in [3.05, 3.63) is 34.7 Å². The Morgan fingerprint density at radius 3 is 2.59 bits per heavy atom. The van der Waals surface area contributed by atoms with Crippen molar-refractivity contribution in [2.45, 2.75) is 13.2 Å². The Hall–Kier alpha value is -1.95. The molecule has 0 aliphatic rings. The minimum Gasteiger partial charge on any atom is -0.465 e. The summed E-state index contributed by atoms with van der Waals surface area (Å²) in [5, 5.41) is 9.80. The number of pyridine rings is 1. The average Bonchev–Trinajstić information content (AvgIpc) is 2.31. The lowest BCUT2D eigenvalue weighted by atomic mass is 10.1. The molecule has 6 nitrogen and oxygen atoms in total. The van der Waals surface area contributed by atoms with Gasteiger partial charge in [-0.3, -0.25) is 9.59 Å². The Kier molecular flexibility index (Phi) is 4.59. The average molecular weight is 239 g/mol. The lowest BCUT2D eigenvalue weighted by molar-refractivity contribution is -0.156. The van der Waals surface area contributed by atoms with Gasteiger partial charge >= 0.3 is 5.97 Å². The molecule has 2 atom stereocenters. The summed E-state index contributed by atoms with van der Waals surface area (Å²) in [6.45, 7) is 1.73. The van der Waals surface area contributed by atoms with Gasteiger partial charge in [0, 0.05) is 24.5 Å². The highest BCUT2D eigenvalue weighted by Gasteiger charge is 2.28. The predicted molar refractivity (Wildman–Crippen MR) is 58.1 cm³/mol. The van der Waals surface area contributed by atoms with Gasteiger partial charge in [0.2, 0.25) is 0 Å². The molecule has 0 radical (unpaired) electrons. The van der Waals surface area contributed by atoms with E-state index in [9.17, 15) is 19.5 Å². The zero-order valence-corrected chi connectivity index (χ0v) is 9.28. The number of carbonyl (C=O) groups excluding carboxylic acids is 2. The molecule has 1 aromatic heterocycles. The van der Waals surface area contributed by atoms with Crippen molar-refractivity contribution in [2.75, 3.05) is 6.61 Å². The fraction of sp³-hybridized carbons (Fsp3) is 0.364. The first-order valence-corrected chi connectivity index (χ1v) is 5.08. The molecule has 17 heavy (non-hydrogen) atoms. The van der Waals surface area contributed by atoms with Crippen LogP contribution < -0.4 is 5.43 Å². The number of hydrogen-bond donors (Lipinski definition) is 1. The van der Waals surface area contributed by atoms with Crippen LogP contribution in [0.4, 0.5) is 0 Å². The van der Waals surface area contributed by atoms with Crippen molar-refractivity contribution in [2.24, 2.45) is 5.92 Å². The molecule has 0 aliphatic carbocycles. The Balaban J connectivity index is 2.89. The van der Waals surface area contributed by atoms with Gasteiger partial charge in [0.05, 0.1) is 6.61 Å². The number of nitrogens with zero attached hydrogens (tertiary/aromatic N) is 1. The van der Waals surface area contributed by atoms with Gasteiger partial charge in [-0.1, -0.05) is 0 Å². The molecular formula is C11H13NO5. The smallest absolute Gasteiger partial charge is 0.320 e. The molecular weight excluding hydrogens is 226 g/mol. The molecule has 92 valence electrons. The van der Waals surface area contributed by atoms with Crippen LogP contribution in [-0.2, 0) is 14.3 Å². The van der Waals surface area contributed by atoms with Gasteiger partial charge in [-0.15, -0.1) is 0 Å². The molecule has 1 rings (SSSR count). The Morgan fingerprint density at radius 2 is 2.12 bits per heavy atom. The summed E-state index contributed by atoms with van der Waals surface area (Å²) < 4.78 is 5.85. The quantitative estimate of drug-likeness (QED) is 0.434. The van der Waals surface area contributed by atoms with Gasteiger partial charge in [0.15, 0.2) is 11.3 Å². The molecule has 0 saturated carbocycles. The SMILES string of the molecule is CCOC(=O)C(C=O)C(O)n1ccc(=O)cc1. The van der Waals surface area contributed by atoms with Crippen molar-refractivity contribution < 1.29 is 19.4 Å². The first kappa shape index (κ1) is 13.1. The van der Waals surface area contributed by atoms with E-state index >= 15 is 0 Å². The van der Waals surface area contributed by atoms with E-state index in [-0.39, 0.29) is 12.0 Å². The van der Waals surface area contributed by atoms with E-state index in [4.69, 9.17) is 0 Å². The maximum Gasteiger partial charge on any atom is 0.320 e. The second-order valence-corrected chi connectivity index (χ2v) is 3.31. The van der Waals surface area contributed by atoms with E-state index in [0.717, 1.165) is 0 Å². The van der Waals surface area contributed by atoms with E-state index < -0.39 is 18.1 Å². The summed E-state index contributed by atoms with van der Waals surface area (Å²) in [4.78, 5) is 33.0. The van der Waals surface area contributed by atoms with Crippen molar-refractivity contribution in [3.63, 3.8) is 0 Å². The third-order valence-electron chi connectivity index (χ3n) is 2.15. The topological polar surface area (TPSA) is 85.6 Å². The Morgan fingerprint density at radius 1 is 1.53 bits per heavy atom. The van der Waals surface area contributed by atoms with Crippen LogP contribution in [0.2, 0.25) is 0 Å². The molecule has 0 amide bonds. The first-order chi connectivity index (χ1) is 8.10. The highest BCUT2D eigenvalue weighted by Crippen LogP contribution is 2.14. The molecule has 0 spiro atoms. The summed E-state index contributed by atoms with van der Waals surface area (Å²) in [5.41, 5.74) is -0.229. The van der Waals surface area contributed by atoms with E-state index in [2.05, 4.69) is 4.74 Å². The third kappa shape index (κ3) is 3.25. The second-order valence-electron chi connectivity index (χ2n) is 3.31. The van der Waals surface area contributed by atoms with Crippen molar-refractivity contribution >= 4 is 12.3 Å². The maximum atomic E-state index is 11.4. The summed E-state index contributed by atoms with van der Waals surface area (Å²) >= 11 is 0. The van der Waals surface area contributed by atoms with Crippen LogP contribution in [0.15, 0.2) is 29.3 Å². The summed E-state index contributed by atoms with van der Waals surface area (Å²) in [6, 6.07) is 2.44. The van der Waals surface area contributed by atoms with Crippen LogP contribution in [0.1, 0.15) is 13.2 Å². The Labute approximate surface area is 97.4 Å². The van der Waals surface area contributed by atoms with Crippen LogP contribution in [0, 0.1) is 5.92 Å². The molecule has 0 bridgehead atoms. The fourth-order valence-electron chi connectivity index (χ4n) is 1.27. The van der Waals surface area contributed by atoms with Gasteiger partial charge < -0.3 is 19.2 Å². The number of aliphatic hydroxyl groups excluding tert-OH is 1. The molecule has 1 heterocycles. The van der Waals surface area contributed by atoms with Gasteiger partial charge in [0.1, 0.15) is 12.5 Å². The van der Waals surface area contributed by atoms with Crippen molar-refractivity contribution in [1.29, 1.82) is 0 Å². The fourth-order valence-corrected chi connectivity index (χ4v) is 1.27. The highest BCUT2D eigenvalue weighted by molar-refractivity contribution is 5.88. The van der Waals surface area contributed by atoms with Gasteiger partial charge in [-0.25, -0.2) is 0 Å². The number of aliphatic hydroxyl groups is 1. The summed E-state index contributed by atoms with van der Waals surface area (Å²) in [7, 11) is 0. The van der Waals surface area contributed by atoms with Gasteiger partial charge in [-0.2, -0.15) is 0 Å². The zero-order valence-electron chi connectivity index (χ0n) is 9.28. The predicted octanol–water partition coefficient (Wildman–Crippen LogP) is -0.283. The minimum absolute atomic E-state index is 0.125. The van der Waals surface area contributed by atoms with Crippen LogP contribution >= 0.6 is 0 Å². The van der Waals surface area contributed by atoms with Gasteiger partial charge in [0.25, 0.3) is 0 Å². The number of hydrogen-bond acceptors (Lipinski definition) is 5. The first-order valence-electron chi connectivity index (χ1n) is 5.08. The number of ether oxygens (including phenoxy) is 1. The number of carbonyl (C=O) groups is 2. The number of esters is 1. The molecule has 6 heteroatoms. The number of aldehydes is 1. The minimum atomic E-state index is -1.38. The van der Waals surface area contributed by atoms with E-state index in [1.807, 2.05) is 0 Å². The van der Waals surface area contributed by atoms with Crippen LogP contribution in [0.3, 0.4) is 0 Å². The molecule has 0 fully saturated rings. The second kappa shape index (κ2) is 5.95.